The number of ether oxygens (including phenoxy) is 2. The summed E-state index contributed by atoms with van der Waals surface area (Å²) in [5.41, 5.74) is -0.208. The van der Waals surface area contributed by atoms with E-state index in [1.54, 1.807) is 19.9 Å². The zero-order valence-corrected chi connectivity index (χ0v) is 9.25. The van der Waals surface area contributed by atoms with Crippen LogP contribution in [0.15, 0.2) is 24.3 Å². The van der Waals surface area contributed by atoms with Crippen molar-refractivity contribution in [1.82, 2.24) is 0 Å². The number of carbonyl (C=O) groups is 1. The molecule has 1 aromatic rings. The number of hydrogen-bond donors (Lipinski definition) is 0. The highest BCUT2D eigenvalue weighted by molar-refractivity contribution is 5.89. The number of alkyl halides is 3. The van der Waals surface area contributed by atoms with Gasteiger partial charge in [-0.25, -0.2) is 4.79 Å². The molecule has 0 aliphatic heterocycles. The van der Waals surface area contributed by atoms with Crippen LogP contribution in [0, 0.1) is 0 Å². The minimum Gasteiger partial charge on any atom is -0.491 e. The van der Waals surface area contributed by atoms with Crippen molar-refractivity contribution in [3.05, 3.63) is 29.8 Å². The summed E-state index contributed by atoms with van der Waals surface area (Å²) in [7, 11) is 0. The number of carbonyl (C=O) groups excluding carboxylic acids is 1. The van der Waals surface area contributed by atoms with E-state index in [0.29, 0.717) is 5.75 Å². The molecule has 94 valence electrons. The largest absolute Gasteiger partial charge is 0.575 e. The van der Waals surface area contributed by atoms with Crippen molar-refractivity contribution in [2.24, 2.45) is 0 Å². The first-order valence-electron chi connectivity index (χ1n) is 4.85. The van der Waals surface area contributed by atoms with Gasteiger partial charge in [0.15, 0.2) is 0 Å². The van der Waals surface area contributed by atoms with Crippen LogP contribution in [0.4, 0.5) is 13.2 Å². The van der Waals surface area contributed by atoms with Crippen LogP contribution in [0.25, 0.3) is 0 Å². The Morgan fingerprint density at radius 2 is 1.94 bits per heavy atom. The molecular formula is C11H11F3O3. The van der Waals surface area contributed by atoms with Gasteiger partial charge in [0.05, 0.1) is 11.7 Å². The second-order valence-corrected chi connectivity index (χ2v) is 3.53. The molecule has 0 spiro atoms. The first kappa shape index (κ1) is 13.3. The first-order valence-corrected chi connectivity index (χ1v) is 4.85. The highest BCUT2D eigenvalue weighted by Crippen LogP contribution is 2.21. The summed E-state index contributed by atoms with van der Waals surface area (Å²) in [6.07, 6.45) is -5.12. The zero-order chi connectivity index (χ0) is 13.1. The van der Waals surface area contributed by atoms with Crippen molar-refractivity contribution >= 4 is 5.97 Å². The summed E-state index contributed by atoms with van der Waals surface area (Å²) in [5, 5.41) is 0. The summed E-state index contributed by atoms with van der Waals surface area (Å²) < 4.78 is 44.0. The van der Waals surface area contributed by atoms with Gasteiger partial charge < -0.3 is 9.47 Å². The molecular weight excluding hydrogens is 237 g/mol. The van der Waals surface area contributed by atoms with Crippen molar-refractivity contribution in [3.63, 3.8) is 0 Å². The molecule has 0 heterocycles. The van der Waals surface area contributed by atoms with E-state index < -0.39 is 12.3 Å². The molecule has 0 unspecified atom stereocenters. The molecule has 3 nitrogen and oxygen atoms in total. The van der Waals surface area contributed by atoms with Crippen LogP contribution in [-0.2, 0) is 4.74 Å². The fourth-order valence-corrected chi connectivity index (χ4v) is 1.13. The smallest absolute Gasteiger partial charge is 0.491 e. The molecule has 0 amide bonds. The third-order valence-corrected chi connectivity index (χ3v) is 1.65. The molecule has 1 rings (SSSR count). The van der Waals surface area contributed by atoms with E-state index in [4.69, 9.17) is 4.74 Å². The van der Waals surface area contributed by atoms with E-state index in [-0.39, 0.29) is 11.7 Å². The average Bonchev–Trinajstić information content (AvgIpc) is 2.14. The lowest BCUT2D eigenvalue weighted by molar-refractivity contribution is -0.291. The molecule has 0 N–H and O–H groups in total. The fraction of sp³-hybridized carbons (Fsp3) is 0.364. The number of benzene rings is 1. The molecule has 1 aromatic carbocycles. The van der Waals surface area contributed by atoms with Crippen molar-refractivity contribution in [3.8, 4) is 5.75 Å². The van der Waals surface area contributed by atoms with E-state index in [9.17, 15) is 18.0 Å². The lowest BCUT2D eigenvalue weighted by Crippen LogP contribution is -2.19. The van der Waals surface area contributed by atoms with Gasteiger partial charge in [-0.1, -0.05) is 6.07 Å². The maximum Gasteiger partial charge on any atom is 0.575 e. The van der Waals surface area contributed by atoms with Gasteiger partial charge in [0.25, 0.3) is 0 Å². The molecule has 0 aromatic heterocycles. The van der Waals surface area contributed by atoms with Crippen molar-refractivity contribution in [2.75, 3.05) is 0 Å². The lowest BCUT2D eigenvalue weighted by Gasteiger charge is -2.11. The Labute approximate surface area is 96.1 Å². The Morgan fingerprint density at radius 1 is 1.29 bits per heavy atom. The van der Waals surface area contributed by atoms with E-state index in [1.807, 2.05) is 0 Å². The second-order valence-electron chi connectivity index (χ2n) is 3.53. The van der Waals surface area contributed by atoms with Gasteiger partial charge in [-0.2, -0.15) is 0 Å². The number of esters is 1. The normalized spacial score (nSPS) is 11.4. The quantitative estimate of drug-likeness (QED) is 0.771. The molecule has 0 saturated carbocycles. The third-order valence-electron chi connectivity index (χ3n) is 1.65. The fourth-order valence-electron chi connectivity index (χ4n) is 1.13. The van der Waals surface area contributed by atoms with Crippen LogP contribution < -0.4 is 4.74 Å². The minimum absolute atomic E-state index is 0.135. The van der Waals surface area contributed by atoms with Gasteiger partial charge in [0, 0.05) is 0 Å². The van der Waals surface area contributed by atoms with Gasteiger partial charge in [-0.15, -0.1) is 13.2 Å². The van der Waals surface area contributed by atoms with Gasteiger partial charge in [0.2, 0.25) is 0 Å². The molecule has 0 bridgehead atoms. The maximum absolute atomic E-state index is 11.8. The Bertz CT molecular complexity index is 399. The van der Waals surface area contributed by atoms with Crippen molar-refractivity contribution in [1.29, 1.82) is 0 Å². The standard InChI is InChI=1S/C11H11F3O3/c1-7(2)16-9-5-3-4-8(6-9)10(15)17-11(12,13)14/h3-7H,1-2H3. The topological polar surface area (TPSA) is 35.5 Å². The van der Waals surface area contributed by atoms with E-state index >= 15 is 0 Å². The van der Waals surface area contributed by atoms with Gasteiger partial charge in [-0.05, 0) is 32.0 Å². The van der Waals surface area contributed by atoms with Gasteiger partial charge >= 0.3 is 12.3 Å². The van der Waals surface area contributed by atoms with Crippen molar-refractivity contribution in [2.45, 2.75) is 26.3 Å². The molecule has 0 radical (unpaired) electrons. The number of halogens is 3. The van der Waals surface area contributed by atoms with E-state index in [1.165, 1.54) is 18.2 Å². The first-order chi connectivity index (χ1) is 7.78. The Kier molecular flexibility index (Phi) is 3.98. The summed E-state index contributed by atoms with van der Waals surface area (Å²) in [6.45, 7) is 3.53. The van der Waals surface area contributed by atoms with E-state index in [2.05, 4.69) is 4.74 Å². The average molecular weight is 248 g/mol. The molecule has 0 atom stereocenters. The lowest BCUT2D eigenvalue weighted by atomic mass is 10.2. The Balaban J connectivity index is 2.81. The predicted molar refractivity (Wildman–Crippen MR) is 53.7 cm³/mol. The second kappa shape index (κ2) is 5.07. The third kappa shape index (κ3) is 4.76. The van der Waals surface area contributed by atoms with Crippen molar-refractivity contribution < 1.29 is 27.4 Å². The molecule has 0 aliphatic carbocycles. The summed E-state index contributed by atoms with van der Waals surface area (Å²) >= 11 is 0. The molecule has 0 fully saturated rings. The summed E-state index contributed by atoms with van der Waals surface area (Å²) in [6, 6.07) is 5.39. The van der Waals surface area contributed by atoms with Crippen LogP contribution in [0.1, 0.15) is 24.2 Å². The highest BCUT2D eigenvalue weighted by Gasteiger charge is 2.34. The van der Waals surface area contributed by atoms with Crippen LogP contribution in [0.2, 0.25) is 0 Å². The minimum atomic E-state index is -4.98. The maximum atomic E-state index is 11.8. The Hall–Kier alpha value is -1.72. The van der Waals surface area contributed by atoms with E-state index in [0.717, 1.165) is 0 Å². The molecule has 0 saturated heterocycles. The van der Waals surface area contributed by atoms with Gasteiger partial charge in [-0.3, -0.25) is 0 Å². The van der Waals surface area contributed by atoms with Crippen LogP contribution in [-0.4, -0.2) is 18.4 Å². The Morgan fingerprint density at radius 3 is 2.47 bits per heavy atom. The number of hydrogen-bond acceptors (Lipinski definition) is 3. The van der Waals surface area contributed by atoms with Gasteiger partial charge in [0.1, 0.15) is 5.75 Å². The zero-order valence-electron chi connectivity index (χ0n) is 9.25. The predicted octanol–water partition coefficient (Wildman–Crippen LogP) is 3.15. The van der Waals surface area contributed by atoms with Crippen LogP contribution in [0.5, 0.6) is 5.75 Å². The monoisotopic (exact) mass is 248 g/mol. The molecule has 6 heteroatoms. The highest BCUT2D eigenvalue weighted by atomic mass is 19.4. The summed E-state index contributed by atoms with van der Waals surface area (Å²) in [4.78, 5) is 11.1. The van der Waals surface area contributed by atoms with Crippen LogP contribution >= 0.6 is 0 Å². The summed E-state index contributed by atoms with van der Waals surface area (Å²) in [5.74, 6) is -1.14. The SMILES string of the molecule is CC(C)Oc1cccc(C(=O)OC(F)(F)F)c1. The number of rotatable bonds is 3. The molecule has 17 heavy (non-hydrogen) atoms. The molecule has 0 aliphatic rings. The van der Waals surface area contributed by atoms with Crippen LogP contribution in [0.3, 0.4) is 0 Å².